The number of halogens is 1. The highest BCUT2D eigenvalue weighted by molar-refractivity contribution is 5.79. The Labute approximate surface area is 174 Å². The van der Waals surface area contributed by atoms with Crippen LogP contribution in [0.1, 0.15) is 28.2 Å². The van der Waals surface area contributed by atoms with Gasteiger partial charge in [0.05, 0.1) is 11.6 Å². The van der Waals surface area contributed by atoms with E-state index in [-0.39, 0.29) is 24.6 Å². The van der Waals surface area contributed by atoms with Crippen molar-refractivity contribution in [3.05, 3.63) is 101 Å². The molecule has 0 aromatic heterocycles. The molecular weight excluding hydrogens is 379 g/mol. The van der Waals surface area contributed by atoms with Crippen molar-refractivity contribution in [1.82, 2.24) is 5.32 Å². The monoisotopic (exact) mass is 398 g/mol. The summed E-state index contributed by atoms with van der Waals surface area (Å²) < 4.78 is 19.3. The van der Waals surface area contributed by atoms with Gasteiger partial charge in [0, 0.05) is 18.0 Å². The molecule has 0 heterocycles. The van der Waals surface area contributed by atoms with E-state index < -0.39 is 11.9 Å². The Hall–Kier alpha value is -3.91. The van der Waals surface area contributed by atoms with Gasteiger partial charge in [-0.05, 0) is 34.4 Å². The second-order valence-corrected chi connectivity index (χ2v) is 6.96. The topological polar surface area (TPSA) is 62.1 Å². The maximum atomic E-state index is 13.8. The van der Waals surface area contributed by atoms with Crippen LogP contribution in [0, 0.1) is 17.1 Å². The van der Waals surface area contributed by atoms with Gasteiger partial charge >= 0.3 is 6.09 Å². The molecule has 1 aliphatic carbocycles. The van der Waals surface area contributed by atoms with Gasteiger partial charge in [-0.25, -0.2) is 9.18 Å². The smallest absolute Gasteiger partial charge is 0.407 e. The number of ether oxygens (including phenoxy) is 1. The third-order valence-electron chi connectivity index (χ3n) is 5.13. The highest BCUT2D eigenvalue weighted by Crippen LogP contribution is 2.44. The molecule has 5 heteroatoms. The van der Waals surface area contributed by atoms with Crippen molar-refractivity contribution in [2.75, 3.05) is 13.2 Å². The third-order valence-corrected chi connectivity index (χ3v) is 5.13. The van der Waals surface area contributed by atoms with E-state index in [2.05, 4.69) is 29.6 Å². The first-order chi connectivity index (χ1) is 14.7. The lowest BCUT2D eigenvalue weighted by atomic mass is 9.98. The Kier molecular flexibility index (Phi) is 5.58. The molecule has 0 saturated carbocycles. The average molecular weight is 398 g/mol. The number of hydrogen-bond acceptors (Lipinski definition) is 3. The molecule has 3 aromatic rings. The van der Waals surface area contributed by atoms with Gasteiger partial charge in [0.2, 0.25) is 0 Å². The standard InChI is InChI=1S/C25H19FN2O2/c26-24-14-17(15-27)11-12-18(24)6-5-13-28-25(29)30-16-23-21-9-3-1-7-19(21)20-8-2-4-10-22(20)23/h1-12,14,23H,13,16H2,(H,28,29). The molecule has 148 valence electrons. The van der Waals surface area contributed by atoms with E-state index in [0.717, 1.165) is 11.1 Å². The maximum absolute atomic E-state index is 13.8. The molecule has 30 heavy (non-hydrogen) atoms. The molecule has 0 unspecified atom stereocenters. The number of nitrogens with one attached hydrogen (secondary N) is 1. The molecule has 3 aromatic carbocycles. The van der Waals surface area contributed by atoms with Gasteiger partial charge in [0.1, 0.15) is 12.4 Å². The number of alkyl carbamates (subject to hydrolysis) is 1. The Balaban J connectivity index is 1.33. The lowest BCUT2D eigenvalue weighted by Gasteiger charge is -2.14. The minimum Gasteiger partial charge on any atom is -0.449 e. The number of nitriles is 1. The molecule has 0 bridgehead atoms. The lowest BCUT2D eigenvalue weighted by Crippen LogP contribution is -2.26. The summed E-state index contributed by atoms with van der Waals surface area (Å²) in [5.41, 5.74) is 5.28. The van der Waals surface area contributed by atoms with E-state index in [0.29, 0.717) is 5.56 Å². The van der Waals surface area contributed by atoms with Crippen molar-refractivity contribution >= 4 is 12.2 Å². The number of benzene rings is 3. The van der Waals surface area contributed by atoms with Gasteiger partial charge < -0.3 is 10.1 Å². The SMILES string of the molecule is N#Cc1ccc(C=CCNC(=O)OCC2c3ccccc3-c3ccccc32)c(F)c1. The Morgan fingerprint density at radius 3 is 2.37 bits per heavy atom. The summed E-state index contributed by atoms with van der Waals surface area (Å²) in [7, 11) is 0. The van der Waals surface area contributed by atoms with Gasteiger partial charge in [-0.2, -0.15) is 5.26 Å². The highest BCUT2D eigenvalue weighted by atomic mass is 19.1. The van der Waals surface area contributed by atoms with Gasteiger partial charge in [0.25, 0.3) is 0 Å². The molecule has 0 aliphatic heterocycles. The first-order valence-electron chi connectivity index (χ1n) is 9.62. The van der Waals surface area contributed by atoms with Crippen molar-refractivity contribution in [3.63, 3.8) is 0 Å². The van der Waals surface area contributed by atoms with Crippen LogP contribution in [0.15, 0.2) is 72.8 Å². The van der Waals surface area contributed by atoms with Gasteiger partial charge in [-0.3, -0.25) is 0 Å². The first kappa shape index (κ1) is 19.4. The molecule has 1 N–H and O–H groups in total. The molecule has 0 fully saturated rings. The van der Waals surface area contributed by atoms with Crippen LogP contribution in [-0.4, -0.2) is 19.2 Å². The van der Waals surface area contributed by atoms with Crippen LogP contribution in [0.4, 0.5) is 9.18 Å². The quantitative estimate of drug-likeness (QED) is 0.639. The second-order valence-electron chi connectivity index (χ2n) is 6.96. The van der Waals surface area contributed by atoms with Crippen molar-refractivity contribution in [1.29, 1.82) is 5.26 Å². The van der Waals surface area contributed by atoms with E-state index in [4.69, 9.17) is 10.00 Å². The zero-order chi connectivity index (χ0) is 20.9. The number of nitrogens with zero attached hydrogens (tertiary/aromatic N) is 1. The third kappa shape index (κ3) is 3.94. The fourth-order valence-electron chi connectivity index (χ4n) is 3.71. The second kappa shape index (κ2) is 8.62. The summed E-state index contributed by atoms with van der Waals surface area (Å²) in [6, 6.07) is 22.4. The van der Waals surface area contributed by atoms with Gasteiger partial charge in [-0.15, -0.1) is 0 Å². The summed E-state index contributed by atoms with van der Waals surface area (Å²) in [6.07, 6.45) is 2.66. The van der Waals surface area contributed by atoms with Crippen LogP contribution in [0.3, 0.4) is 0 Å². The normalized spacial score (nSPS) is 12.3. The van der Waals surface area contributed by atoms with Crippen LogP contribution in [0.25, 0.3) is 17.2 Å². The summed E-state index contributed by atoms with van der Waals surface area (Å²) >= 11 is 0. The summed E-state index contributed by atoms with van der Waals surface area (Å²) in [5.74, 6) is -0.474. The molecule has 1 aliphatic rings. The van der Waals surface area contributed by atoms with Crippen LogP contribution >= 0.6 is 0 Å². The molecule has 1 amide bonds. The largest absolute Gasteiger partial charge is 0.449 e. The minimum absolute atomic E-state index is 0.00596. The number of amides is 1. The Bertz CT molecular complexity index is 1120. The minimum atomic E-state index is -0.526. The Morgan fingerprint density at radius 2 is 1.73 bits per heavy atom. The number of hydrogen-bond donors (Lipinski definition) is 1. The number of fused-ring (bicyclic) bond motifs is 3. The van der Waals surface area contributed by atoms with Crippen molar-refractivity contribution in [2.45, 2.75) is 5.92 Å². The molecule has 0 atom stereocenters. The molecule has 4 nitrogen and oxygen atoms in total. The summed E-state index contributed by atoms with van der Waals surface area (Å²) in [4.78, 5) is 12.1. The number of rotatable bonds is 5. The fourth-order valence-corrected chi connectivity index (χ4v) is 3.71. The van der Waals surface area contributed by atoms with Crippen LogP contribution in [-0.2, 0) is 4.74 Å². The predicted octanol–water partition coefficient (Wildman–Crippen LogP) is 5.25. The zero-order valence-electron chi connectivity index (χ0n) is 16.1. The number of carbonyl (C=O) groups is 1. The van der Waals surface area contributed by atoms with E-state index in [1.165, 1.54) is 23.3 Å². The van der Waals surface area contributed by atoms with Crippen molar-refractivity contribution < 1.29 is 13.9 Å². The molecule has 4 rings (SSSR count). The zero-order valence-corrected chi connectivity index (χ0v) is 16.1. The van der Waals surface area contributed by atoms with E-state index in [1.807, 2.05) is 30.3 Å². The van der Waals surface area contributed by atoms with Crippen LogP contribution in [0.2, 0.25) is 0 Å². The fraction of sp³-hybridized carbons (Fsp3) is 0.120. The van der Waals surface area contributed by atoms with E-state index in [1.54, 1.807) is 18.2 Å². The molecule has 0 saturated heterocycles. The predicted molar refractivity (Wildman–Crippen MR) is 113 cm³/mol. The van der Waals surface area contributed by atoms with Gasteiger partial charge in [-0.1, -0.05) is 66.7 Å². The first-order valence-corrected chi connectivity index (χ1v) is 9.62. The number of carbonyl (C=O) groups excluding carboxylic acids is 1. The average Bonchev–Trinajstić information content (AvgIpc) is 3.10. The molecule has 0 spiro atoms. The van der Waals surface area contributed by atoms with Crippen molar-refractivity contribution in [3.8, 4) is 17.2 Å². The summed E-state index contributed by atoms with van der Waals surface area (Å²) in [6.45, 7) is 0.448. The van der Waals surface area contributed by atoms with E-state index in [9.17, 15) is 9.18 Å². The summed E-state index contributed by atoms with van der Waals surface area (Å²) in [5, 5.41) is 11.4. The molecule has 0 radical (unpaired) electrons. The van der Waals surface area contributed by atoms with Crippen LogP contribution < -0.4 is 5.32 Å². The Morgan fingerprint density at radius 1 is 1.07 bits per heavy atom. The lowest BCUT2D eigenvalue weighted by molar-refractivity contribution is 0.144. The van der Waals surface area contributed by atoms with E-state index >= 15 is 0 Å². The van der Waals surface area contributed by atoms with Crippen molar-refractivity contribution in [2.24, 2.45) is 0 Å². The molecular formula is C25H19FN2O2. The van der Waals surface area contributed by atoms with Crippen LogP contribution in [0.5, 0.6) is 0 Å². The highest BCUT2D eigenvalue weighted by Gasteiger charge is 2.28. The maximum Gasteiger partial charge on any atom is 0.407 e. The van der Waals surface area contributed by atoms with Gasteiger partial charge in [0.15, 0.2) is 0 Å².